The van der Waals surface area contributed by atoms with Gasteiger partial charge in [-0.3, -0.25) is 19.6 Å². The summed E-state index contributed by atoms with van der Waals surface area (Å²) in [5.74, 6) is 8.24. The van der Waals surface area contributed by atoms with Gasteiger partial charge in [0.15, 0.2) is 0 Å². The highest BCUT2D eigenvalue weighted by Gasteiger charge is 2.48. The highest BCUT2D eigenvalue weighted by molar-refractivity contribution is 5.98. The van der Waals surface area contributed by atoms with Gasteiger partial charge < -0.3 is 15.5 Å². The maximum absolute atomic E-state index is 13.8. The first-order chi connectivity index (χ1) is 17.5. The van der Waals surface area contributed by atoms with E-state index >= 15 is 0 Å². The number of carbonyl (C=O) groups is 3. The van der Waals surface area contributed by atoms with Gasteiger partial charge in [-0.25, -0.2) is 14.3 Å². The van der Waals surface area contributed by atoms with Crippen LogP contribution in [0.15, 0.2) is 48.5 Å². The van der Waals surface area contributed by atoms with Crippen molar-refractivity contribution in [2.75, 3.05) is 14.1 Å². The molecule has 8 nitrogen and oxygen atoms in total. The molecule has 194 valence electrons. The van der Waals surface area contributed by atoms with Crippen molar-refractivity contribution >= 4 is 17.7 Å². The van der Waals surface area contributed by atoms with Crippen LogP contribution in [0.2, 0.25) is 0 Å². The molecule has 2 rings (SSSR count). The third kappa shape index (κ3) is 8.43. The molecule has 0 aliphatic carbocycles. The molecular formula is C27H28F2N4O4. The number of halogens is 2. The van der Waals surface area contributed by atoms with Crippen LogP contribution in [0.4, 0.5) is 8.78 Å². The number of nitrogens with zero attached hydrogens (tertiary/aromatic N) is 1. The van der Waals surface area contributed by atoms with Gasteiger partial charge in [-0.05, 0) is 74.8 Å². The van der Waals surface area contributed by atoms with Crippen LogP contribution >= 0.6 is 0 Å². The molecule has 2 aromatic carbocycles. The van der Waals surface area contributed by atoms with E-state index in [1.165, 1.54) is 35.3 Å². The number of carbonyl (C=O) groups excluding carboxylic acids is 3. The highest BCUT2D eigenvalue weighted by atomic mass is 19.3. The summed E-state index contributed by atoms with van der Waals surface area (Å²) >= 11 is 0. The van der Waals surface area contributed by atoms with E-state index in [9.17, 15) is 23.2 Å². The third-order valence-corrected chi connectivity index (χ3v) is 5.22. The van der Waals surface area contributed by atoms with Crippen LogP contribution in [0.1, 0.15) is 40.9 Å². The van der Waals surface area contributed by atoms with E-state index in [-0.39, 0.29) is 5.56 Å². The van der Waals surface area contributed by atoms with Crippen molar-refractivity contribution in [3.05, 3.63) is 70.8 Å². The monoisotopic (exact) mass is 510 g/mol. The normalized spacial score (nSPS) is 12.8. The maximum Gasteiger partial charge on any atom is 0.268 e. The number of nitrogens with one attached hydrogen (secondary N) is 3. The Kier molecular flexibility index (Phi) is 10.3. The summed E-state index contributed by atoms with van der Waals surface area (Å²) in [5.41, 5.74) is 1.35. The van der Waals surface area contributed by atoms with E-state index in [1.54, 1.807) is 0 Å². The largest absolute Gasteiger partial charge is 0.343 e. The number of hydrogen-bond acceptors (Lipinski definition) is 5. The van der Waals surface area contributed by atoms with Crippen LogP contribution in [-0.4, -0.2) is 59.9 Å². The molecule has 0 fully saturated rings. The van der Waals surface area contributed by atoms with E-state index in [0.717, 1.165) is 26.0 Å². The third-order valence-electron chi connectivity index (χ3n) is 5.22. The summed E-state index contributed by atoms with van der Waals surface area (Å²) < 4.78 is 27.5. The molecule has 0 saturated heterocycles. The van der Waals surface area contributed by atoms with Gasteiger partial charge in [-0.15, -0.1) is 0 Å². The second kappa shape index (κ2) is 13.2. The van der Waals surface area contributed by atoms with E-state index in [1.807, 2.05) is 43.7 Å². The number of amides is 3. The van der Waals surface area contributed by atoms with Crippen LogP contribution in [-0.2, 0) is 16.1 Å². The van der Waals surface area contributed by atoms with Crippen LogP contribution in [0.25, 0.3) is 0 Å². The fraction of sp³-hybridized carbons (Fsp3) is 0.296. The van der Waals surface area contributed by atoms with Crippen molar-refractivity contribution in [2.45, 2.75) is 38.4 Å². The molecule has 2 aromatic rings. The molecule has 0 heterocycles. The highest BCUT2D eigenvalue weighted by Crippen LogP contribution is 2.21. The number of hydroxylamine groups is 1. The minimum absolute atomic E-state index is 0.0460. The van der Waals surface area contributed by atoms with Gasteiger partial charge in [0.1, 0.15) is 11.6 Å². The molecule has 0 aliphatic rings. The topological polar surface area (TPSA) is 111 Å². The van der Waals surface area contributed by atoms with Gasteiger partial charge in [0.2, 0.25) is 5.91 Å². The van der Waals surface area contributed by atoms with Gasteiger partial charge in [0, 0.05) is 30.2 Å². The molecule has 0 aromatic heterocycles. The lowest BCUT2D eigenvalue weighted by Crippen LogP contribution is -2.68. The molecule has 10 heteroatoms. The van der Waals surface area contributed by atoms with Crippen LogP contribution < -0.4 is 16.1 Å². The summed E-state index contributed by atoms with van der Waals surface area (Å²) in [7, 11) is 3.98. The second-order valence-electron chi connectivity index (χ2n) is 8.66. The van der Waals surface area contributed by atoms with Gasteiger partial charge in [0.25, 0.3) is 18.2 Å². The van der Waals surface area contributed by atoms with Gasteiger partial charge >= 0.3 is 0 Å². The van der Waals surface area contributed by atoms with Crippen LogP contribution in [0, 0.1) is 23.7 Å². The van der Waals surface area contributed by atoms with E-state index in [4.69, 9.17) is 5.21 Å². The van der Waals surface area contributed by atoms with Crippen LogP contribution in [0.5, 0.6) is 0 Å². The second-order valence-corrected chi connectivity index (χ2v) is 8.66. The summed E-state index contributed by atoms with van der Waals surface area (Å²) in [6.07, 6.45) is -3.24. The van der Waals surface area contributed by atoms with Crippen molar-refractivity contribution in [1.29, 1.82) is 0 Å². The minimum atomic E-state index is -3.24. The standard InChI is InChI=1S/C27H28F2N4O4/c1-18(34)31-27(2,26(28)29)23(25(36)32-37)30-24(35)22-15-13-20(14-16-22)8-6-5-7-19-9-11-21(12-10-19)17-33(3)4/h9-16,23,26,37H,17H2,1-4H3,(H,30,35)(H,31,34)(H,32,36)/t23-,27?/m1/s1. The number of rotatable bonds is 8. The first kappa shape index (κ1) is 29.0. The van der Waals surface area contributed by atoms with E-state index in [0.29, 0.717) is 5.56 Å². The van der Waals surface area contributed by atoms with Crippen LogP contribution in [0.3, 0.4) is 0 Å². The Bertz CT molecular complexity index is 1240. The molecular weight excluding hydrogens is 482 g/mol. The Hall–Kier alpha value is -4.25. The zero-order valence-electron chi connectivity index (χ0n) is 20.9. The van der Waals surface area contributed by atoms with Crippen molar-refractivity contribution < 1.29 is 28.4 Å². The quantitative estimate of drug-likeness (QED) is 0.246. The van der Waals surface area contributed by atoms with Gasteiger partial charge in [0.05, 0.1) is 0 Å². The number of alkyl halides is 2. The lowest BCUT2D eigenvalue weighted by Gasteiger charge is -2.36. The Morgan fingerprint density at radius 3 is 1.92 bits per heavy atom. The smallest absolute Gasteiger partial charge is 0.268 e. The summed E-state index contributed by atoms with van der Waals surface area (Å²) in [4.78, 5) is 38.2. The molecule has 0 spiro atoms. The molecule has 0 saturated carbocycles. The van der Waals surface area contributed by atoms with E-state index < -0.39 is 35.7 Å². The molecule has 1 unspecified atom stereocenters. The average Bonchev–Trinajstić information content (AvgIpc) is 2.85. The predicted molar refractivity (Wildman–Crippen MR) is 133 cm³/mol. The molecule has 4 N–H and O–H groups in total. The Labute approximate surface area is 214 Å². The van der Waals surface area contributed by atoms with Crippen molar-refractivity contribution in [3.8, 4) is 23.7 Å². The SMILES string of the molecule is CC(=O)NC(C)(C(F)F)[C@H](NC(=O)c1ccc(C#CC#Cc2ccc(CN(C)C)cc2)cc1)C(=O)NO. The lowest BCUT2D eigenvalue weighted by atomic mass is 9.91. The molecule has 3 amide bonds. The average molecular weight is 511 g/mol. The molecule has 0 aliphatic heterocycles. The predicted octanol–water partition coefficient (Wildman–Crippen LogP) is 1.92. The minimum Gasteiger partial charge on any atom is -0.343 e. The van der Waals surface area contributed by atoms with Crippen molar-refractivity contribution in [1.82, 2.24) is 21.0 Å². The van der Waals surface area contributed by atoms with Crippen molar-refractivity contribution in [2.24, 2.45) is 0 Å². The Morgan fingerprint density at radius 2 is 1.49 bits per heavy atom. The molecule has 0 bridgehead atoms. The fourth-order valence-corrected chi connectivity index (χ4v) is 3.37. The number of hydrogen-bond donors (Lipinski definition) is 4. The van der Waals surface area contributed by atoms with Crippen molar-refractivity contribution in [3.63, 3.8) is 0 Å². The zero-order valence-corrected chi connectivity index (χ0v) is 20.9. The summed E-state index contributed by atoms with van der Waals surface area (Å²) in [5, 5.41) is 13.1. The number of benzene rings is 2. The lowest BCUT2D eigenvalue weighted by molar-refractivity contribution is -0.137. The first-order valence-electron chi connectivity index (χ1n) is 11.1. The Morgan fingerprint density at radius 1 is 0.973 bits per heavy atom. The maximum atomic E-state index is 13.8. The van der Waals surface area contributed by atoms with Gasteiger partial charge in [-0.1, -0.05) is 24.0 Å². The molecule has 2 atom stereocenters. The zero-order chi connectivity index (χ0) is 27.6. The molecule has 0 radical (unpaired) electrons. The summed E-state index contributed by atoms with van der Waals surface area (Å²) in [6.45, 7) is 2.71. The Balaban J connectivity index is 2.12. The van der Waals surface area contributed by atoms with Gasteiger partial charge in [-0.2, -0.15) is 0 Å². The first-order valence-corrected chi connectivity index (χ1v) is 11.1. The summed E-state index contributed by atoms with van der Waals surface area (Å²) in [6, 6.07) is 11.7. The fourth-order valence-electron chi connectivity index (χ4n) is 3.37. The molecule has 37 heavy (non-hydrogen) atoms. The van der Waals surface area contributed by atoms with E-state index in [2.05, 4.69) is 33.9 Å².